The zero-order chi connectivity index (χ0) is 21.7. The standard InChI is InChI=1S/C24H22N2O5/c1-12-21-22(14-5-8-18(28)20(11-14)30-2)23-17(25-24(21)31-26-12)9-15(10-19(23)29)13-3-6-16(27)7-4-13/h3-8,11,15,22,25,27-28H,9-10H2,1-2H3/t15-,22+/m1/s1. The molecule has 7 heteroatoms. The minimum Gasteiger partial charge on any atom is -0.508 e. The number of ether oxygens (including phenoxy) is 1. The smallest absolute Gasteiger partial charge is 0.233 e. The number of methoxy groups -OCH3 is 1. The van der Waals surface area contributed by atoms with Gasteiger partial charge in [-0.3, -0.25) is 4.79 Å². The lowest BCUT2D eigenvalue weighted by atomic mass is 9.72. The Morgan fingerprint density at radius 1 is 1.10 bits per heavy atom. The SMILES string of the molecule is COc1cc([C@@H]2C3=C(C[C@@H](c4ccc(O)cc4)CC3=O)Nc3onc(C)c32)ccc1O. The van der Waals surface area contributed by atoms with Gasteiger partial charge in [0.1, 0.15) is 5.75 Å². The number of rotatable bonds is 3. The van der Waals surface area contributed by atoms with E-state index in [4.69, 9.17) is 9.26 Å². The Bertz CT molecular complexity index is 1210. The third-order valence-corrected chi connectivity index (χ3v) is 6.16. The molecule has 2 aromatic carbocycles. The molecule has 0 spiro atoms. The summed E-state index contributed by atoms with van der Waals surface area (Å²) in [4.78, 5) is 13.4. The molecule has 2 atom stereocenters. The van der Waals surface area contributed by atoms with E-state index >= 15 is 0 Å². The predicted octanol–water partition coefficient (Wildman–Crippen LogP) is 4.36. The molecule has 0 fully saturated rings. The molecule has 158 valence electrons. The summed E-state index contributed by atoms with van der Waals surface area (Å²) in [7, 11) is 1.50. The third kappa shape index (κ3) is 3.13. The van der Waals surface area contributed by atoms with Gasteiger partial charge in [0.2, 0.25) is 5.88 Å². The van der Waals surface area contributed by atoms with Gasteiger partial charge in [-0.2, -0.15) is 0 Å². The number of allylic oxidation sites excluding steroid dienone is 2. The molecular formula is C24H22N2O5. The quantitative estimate of drug-likeness (QED) is 0.580. The molecule has 0 unspecified atom stereocenters. The number of nitrogens with zero attached hydrogens (tertiary/aromatic N) is 1. The number of carbonyl (C=O) groups is 1. The fourth-order valence-electron chi connectivity index (χ4n) is 4.66. The number of aryl methyl sites for hydroxylation is 1. The molecule has 0 saturated heterocycles. The lowest BCUT2D eigenvalue weighted by Crippen LogP contribution is -2.29. The number of carbonyl (C=O) groups excluding carboxylic acids is 1. The first-order valence-electron chi connectivity index (χ1n) is 10.1. The predicted molar refractivity (Wildman–Crippen MR) is 113 cm³/mol. The minimum atomic E-state index is -0.361. The number of phenols is 2. The lowest BCUT2D eigenvalue weighted by Gasteiger charge is -2.34. The molecule has 2 aliphatic rings. The first-order valence-corrected chi connectivity index (χ1v) is 10.1. The second-order valence-electron chi connectivity index (χ2n) is 8.01. The van der Waals surface area contributed by atoms with Crippen molar-refractivity contribution in [3.8, 4) is 17.2 Å². The maximum Gasteiger partial charge on any atom is 0.233 e. The van der Waals surface area contributed by atoms with Crippen molar-refractivity contribution in [1.29, 1.82) is 0 Å². The number of Topliss-reactive ketones (excluding diaryl/α,β-unsaturated/α-hetero) is 1. The van der Waals surface area contributed by atoms with Crippen LogP contribution in [0, 0.1) is 6.92 Å². The summed E-state index contributed by atoms with van der Waals surface area (Å²) >= 11 is 0. The molecule has 31 heavy (non-hydrogen) atoms. The van der Waals surface area contributed by atoms with Crippen LogP contribution in [0.1, 0.15) is 47.1 Å². The van der Waals surface area contributed by atoms with Crippen LogP contribution in [0.25, 0.3) is 0 Å². The van der Waals surface area contributed by atoms with Crippen molar-refractivity contribution < 1.29 is 24.3 Å². The fourth-order valence-corrected chi connectivity index (χ4v) is 4.66. The molecular weight excluding hydrogens is 396 g/mol. The highest BCUT2D eigenvalue weighted by atomic mass is 16.5. The summed E-state index contributed by atoms with van der Waals surface area (Å²) in [5, 5.41) is 27.1. The second-order valence-corrected chi connectivity index (χ2v) is 8.01. The molecule has 1 aromatic heterocycles. The first kappa shape index (κ1) is 19.2. The van der Waals surface area contributed by atoms with Crippen molar-refractivity contribution in [2.75, 3.05) is 12.4 Å². The van der Waals surface area contributed by atoms with Gasteiger partial charge in [0.25, 0.3) is 0 Å². The van der Waals surface area contributed by atoms with Gasteiger partial charge in [-0.1, -0.05) is 23.4 Å². The van der Waals surface area contributed by atoms with E-state index in [1.165, 1.54) is 7.11 Å². The highest BCUT2D eigenvalue weighted by molar-refractivity contribution is 6.01. The highest BCUT2D eigenvalue weighted by Crippen LogP contribution is 2.49. The average Bonchev–Trinajstić information content (AvgIpc) is 3.13. The Hall–Kier alpha value is -3.74. The summed E-state index contributed by atoms with van der Waals surface area (Å²) in [5.41, 5.74) is 4.87. The van der Waals surface area contributed by atoms with Gasteiger partial charge in [0.05, 0.1) is 18.4 Å². The normalized spacial score (nSPS) is 20.1. The number of nitrogens with one attached hydrogen (secondary N) is 1. The number of hydrogen-bond donors (Lipinski definition) is 3. The number of aromatic nitrogens is 1. The third-order valence-electron chi connectivity index (χ3n) is 6.16. The summed E-state index contributed by atoms with van der Waals surface area (Å²) in [6, 6.07) is 12.1. The Morgan fingerprint density at radius 2 is 1.84 bits per heavy atom. The maximum absolute atomic E-state index is 13.4. The molecule has 0 saturated carbocycles. The van der Waals surface area contributed by atoms with Gasteiger partial charge in [-0.25, -0.2) is 0 Å². The van der Waals surface area contributed by atoms with E-state index in [1.807, 2.05) is 19.1 Å². The largest absolute Gasteiger partial charge is 0.508 e. The van der Waals surface area contributed by atoms with Gasteiger partial charge < -0.3 is 24.8 Å². The fraction of sp³-hybridized carbons (Fsp3) is 0.250. The highest BCUT2D eigenvalue weighted by Gasteiger charge is 2.41. The molecule has 7 nitrogen and oxygen atoms in total. The molecule has 0 amide bonds. The van der Waals surface area contributed by atoms with Crippen LogP contribution in [0.2, 0.25) is 0 Å². The van der Waals surface area contributed by atoms with E-state index in [1.54, 1.807) is 30.3 Å². The Morgan fingerprint density at radius 3 is 2.58 bits per heavy atom. The van der Waals surface area contributed by atoms with Crippen molar-refractivity contribution >= 4 is 11.7 Å². The van der Waals surface area contributed by atoms with E-state index in [0.29, 0.717) is 35.7 Å². The maximum atomic E-state index is 13.4. The molecule has 1 aliphatic carbocycles. The van der Waals surface area contributed by atoms with Crippen LogP contribution >= 0.6 is 0 Å². The van der Waals surface area contributed by atoms with Gasteiger partial charge in [-0.15, -0.1) is 0 Å². The number of aromatic hydroxyl groups is 2. The number of fused-ring (bicyclic) bond motifs is 1. The van der Waals surface area contributed by atoms with Crippen LogP contribution in [0.15, 0.2) is 58.3 Å². The van der Waals surface area contributed by atoms with Crippen LogP contribution < -0.4 is 10.1 Å². The average molecular weight is 418 g/mol. The van der Waals surface area contributed by atoms with Crippen molar-refractivity contribution in [2.24, 2.45) is 0 Å². The molecule has 0 radical (unpaired) electrons. The molecule has 2 heterocycles. The van der Waals surface area contributed by atoms with Crippen molar-refractivity contribution in [1.82, 2.24) is 5.16 Å². The molecule has 3 N–H and O–H groups in total. The minimum absolute atomic E-state index is 0.0000720. The van der Waals surface area contributed by atoms with Gasteiger partial charge >= 0.3 is 0 Å². The number of benzene rings is 2. The zero-order valence-corrected chi connectivity index (χ0v) is 17.2. The van der Waals surface area contributed by atoms with Crippen LogP contribution in [-0.2, 0) is 4.79 Å². The summed E-state index contributed by atoms with van der Waals surface area (Å²) in [6.45, 7) is 1.85. The monoisotopic (exact) mass is 418 g/mol. The zero-order valence-electron chi connectivity index (χ0n) is 17.2. The number of ketones is 1. The van der Waals surface area contributed by atoms with Crippen LogP contribution in [0.5, 0.6) is 17.2 Å². The Kier molecular flexibility index (Phi) is 4.46. The topological polar surface area (TPSA) is 105 Å². The van der Waals surface area contributed by atoms with Gasteiger partial charge in [0, 0.05) is 23.6 Å². The number of phenolic OH excluding ortho intramolecular Hbond substituents is 2. The van der Waals surface area contributed by atoms with E-state index < -0.39 is 0 Å². The lowest BCUT2D eigenvalue weighted by molar-refractivity contribution is -0.116. The van der Waals surface area contributed by atoms with Gasteiger partial charge in [0.15, 0.2) is 17.3 Å². The first-order chi connectivity index (χ1) is 15.0. The van der Waals surface area contributed by atoms with E-state index in [-0.39, 0.29) is 29.1 Å². The summed E-state index contributed by atoms with van der Waals surface area (Å²) < 4.78 is 10.8. The van der Waals surface area contributed by atoms with Crippen molar-refractivity contribution in [3.63, 3.8) is 0 Å². The van der Waals surface area contributed by atoms with Crippen molar-refractivity contribution in [2.45, 2.75) is 31.6 Å². The Balaban J connectivity index is 1.62. The molecule has 1 aliphatic heterocycles. The second kappa shape index (κ2) is 7.19. The van der Waals surface area contributed by atoms with Gasteiger partial charge in [-0.05, 0) is 54.7 Å². The van der Waals surface area contributed by atoms with Crippen LogP contribution in [0.4, 0.5) is 5.88 Å². The molecule has 0 bridgehead atoms. The van der Waals surface area contributed by atoms with Crippen molar-refractivity contribution in [3.05, 3.63) is 76.1 Å². The van der Waals surface area contributed by atoms with E-state index in [9.17, 15) is 15.0 Å². The molecule has 3 aromatic rings. The molecule has 5 rings (SSSR count). The van der Waals surface area contributed by atoms with E-state index in [2.05, 4.69) is 10.5 Å². The summed E-state index contributed by atoms with van der Waals surface area (Å²) in [6.07, 6.45) is 1.01. The Labute approximate surface area is 179 Å². The van der Waals surface area contributed by atoms with E-state index in [0.717, 1.165) is 22.4 Å². The summed E-state index contributed by atoms with van der Waals surface area (Å²) in [5.74, 6) is 0.811. The number of hydrogen-bond acceptors (Lipinski definition) is 7. The number of anilines is 1. The van der Waals surface area contributed by atoms with Crippen LogP contribution in [-0.4, -0.2) is 28.3 Å². The van der Waals surface area contributed by atoms with Crippen LogP contribution in [0.3, 0.4) is 0 Å².